The molecule has 6 heteroatoms. The van der Waals surface area contributed by atoms with Crippen molar-refractivity contribution in [3.8, 4) is 0 Å². The lowest BCUT2D eigenvalue weighted by Gasteiger charge is -2.37. The van der Waals surface area contributed by atoms with E-state index in [9.17, 15) is 9.18 Å². The quantitative estimate of drug-likeness (QED) is 0.130. The summed E-state index contributed by atoms with van der Waals surface area (Å²) in [5, 5.41) is 17.7. The molecule has 0 bridgehead atoms. The molecule has 0 aliphatic rings. The van der Waals surface area contributed by atoms with Crippen molar-refractivity contribution in [2.75, 3.05) is 11.9 Å². The number of rotatable bonds is 12. The Hall–Kier alpha value is -4.45. The third-order valence-corrected chi connectivity index (χ3v) is 7.65. The van der Waals surface area contributed by atoms with Gasteiger partial charge in [-0.3, -0.25) is 0 Å². The fourth-order valence-corrected chi connectivity index (χ4v) is 5.36. The number of hydrogen-bond acceptors (Lipinski definition) is 3. The number of carbonyl (C=O) groups excluding carboxylic acids is 1. The largest absolute Gasteiger partial charge is 0.355 e. The smallest absolute Gasteiger partial charge is 0.315 e. The minimum absolute atomic E-state index is 0.135. The minimum atomic E-state index is -0.292. The van der Waals surface area contributed by atoms with Crippen LogP contribution in [0, 0.1) is 22.6 Å². The van der Waals surface area contributed by atoms with Crippen LogP contribution >= 0.6 is 0 Å². The van der Waals surface area contributed by atoms with Crippen LogP contribution in [0.3, 0.4) is 0 Å². The summed E-state index contributed by atoms with van der Waals surface area (Å²) in [7, 11) is 0. The first-order chi connectivity index (χ1) is 20.2. The van der Waals surface area contributed by atoms with Gasteiger partial charge in [0.2, 0.25) is 0 Å². The average molecular weight is 565 g/mol. The van der Waals surface area contributed by atoms with Crippen LogP contribution in [0.1, 0.15) is 68.3 Å². The predicted molar refractivity (Wildman–Crippen MR) is 171 cm³/mol. The van der Waals surface area contributed by atoms with Crippen molar-refractivity contribution in [1.29, 1.82) is 5.41 Å². The van der Waals surface area contributed by atoms with E-state index in [1.165, 1.54) is 18.3 Å². The molecule has 0 spiro atoms. The summed E-state index contributed by atoms with van der Waals surface area (Å²) in [6.45, 7) is 9.25. The van der Waals surface area contributed by atoms with Crippen molar-refractivity contribution in [3.05, 3.63) is 131 Å². The Morgan fingerprint density at radius 3 is 2.00 bits per heavy atom. The summed E-state index contributed by atoms with van der Waals surface area (Å²) in [6, 6.07) is 31.8. The second-order valence-corrected chi connectivity index (χ2v) is 11.9. The normalized spacial score (nSPS) is 12.2. The van der Waals surface area contributed by atoms with E-state index < -0.39 is 0 Å². The SMILES string of the molecule is CC(C)CC(c1ccc(Nc2ccc(F)cc2)c(C=N)c1)C(C)(C)CNC(=O)NC(c1ccccc1)c1ccccc1. The standard InChI is InChI=1S/C36H41FN4O/c1-25(2)21-32(28-15-20-33(29(22-28)23-38)40-31-18-16-30(37)17-19-31)36(3,4)24-39-35(42)41-34(26-11-7-5-8-12-26)27-13-9-6-10-14-27/h5-20,22-23,25,32,34,38,40H,21,24H2,1-4H3,(H2,39,41,42). The van der Waals surface area contributed by atoms with Gasteiger partial charge in [0.1, 0.15) is 5.82 Å². The Morgan fingerprint density at radius 1 is 0.857 bits per heavy atom. The highest BCUT2D eigenvalue weighted by Gasteiger charge is 2.32. The van der Waals surface area contributed by atoms with Crippen LogP contribution in [0.25, 0.3) is 0 Å². The van der Waals surface area contributed by atoms with Crippen LogP contribution < -0.4 is 16.0 Å². The fourth-order valence-electron chi connectivity index (χ4n) is 5.36. The molecule has 4 aromatic carbocycles. The highest BCUT2D eigenvalue weighted by atomic mass is 19.1. The number of halogens is 1. The Bertz CT molecular complexity index is 1410. The van der Waals surface area contributed by atoms with Crippen LogP contribution in [-0.2, 0) is 0 Å². The molecular formula is C36H41FN4O. The molecule has 4 rings (SSSR count). The summed E-state index contributed by atoms with van der Waals surface area (Å²) in [5.74, 6) is 0.277. The Kier molecular flexibility index (Phi) is 10.1. The maximum Gasteiger partial charge on any atom is 0.315 e. The number of benzene rings is 4. The molecule has 0 aliphatic carbocycles. The molecule has 0 fully saturated rings. The molecule has 42 heavy (non-hydrogen) atoms. The van der Waals surface area contributed by atoms with Gasteiger partial charge in [0, 0.05) is 29.7 Å². The van der Waals surface area contributed by atoms with Crippen molar-refractivity contribution in [2.24, 2.45) is 11.3 Å². The van der Waals surface area contributed by atoms with E-state index in [0.29, 0.717) is 12.5 Å². The predicted octanol–water partition coefficient (Wildman–Crippen LogP) is 8.81. The van der Waals surface area contributed by atoms with Crippen molar-refractivity contribution < 1.29 is 9.18 Å². The molecule has 1 atom stereocenters. The zero-order valence-electron chi connectivity index (χ0n) is 24.8. The number of hydrogen-bond donors (Lipinski definition) is 4. The first-order valence-corrected chi connectivity index (χ1v) is 14.5. The maximum absolute atomic E-state index is 13.4. The van der Waals surface area contributed by atoms with E-state index in [-0.39, 0.29) is 29.2 Å². The molecular weight excluding hydrogens is 523 g/mol. The van der Waals surface area contributed by atoms with E-state index in [4.69, 9.17) is 5.41 Å². The maximum atomic E-state index is 13.4. The number of nitrogens with one attached hydrogen (secondary N) is 4. The number of urea groups is 1. The molecule has 2 amide bonds. The Morgan fingerprint density at radius 2 is 1.45 bits per heavy atom. The van der Waals surface area contributed by atoms with Crippen molar-refractivity contribution in [1.82, 2.24) is 10.6 Å². The minimum Gasteiger partial charge on any atom is -0.355 e. The van der Waals surface area contributed by atoms with Crippen molar-refractivity contribution in [2.45, 2.75) is 46.1 Å². The topological polar surface area (TPSA) is 77.0 Å². The molecule has 0 aliphatic heterocycles. The van der Waals surface area contributed by atoms with Crippen molar-refractivity contribution in [3.63, 3.8) is 0 Å². The van der Waals surface area contributed by atoms with E-state index >= 15 is 0 Å². The molecule has 0 aromatic heterocycles. The molecule has 5 nitrogen and oxygen atoms in total. The van der Waals surface area contributed by atoms with Gasteiger partial charge in [-0.15, -0.1) is 0 Å². The molecule has 0 saturated heterocycles. The number of anilines is 2. The highest BCUT2D eigenvalue weighted by Crippen LogP contribution is 2.41. The Balaban J connectivity index is 1.51. The molecule has 1 unspecified atom stereocenters. The zero-order chi connectivity index (χ0) is 30.1. The molecule has 4 aromatic rings. The average Bonchev–Trinajstić information content (AvgIpc) is 3.00. The molecule has 0 heterocycles. The van der Waals surface area contributed by atoms with E-state index in [0.717, 1.165) is 40.0 Å². The van der Waals surface area contributed by atoms with Gasteiger partial charge in [-0.1, -0.05) is 94.4 Å². The zero-order valence-corrected chi connectivity index (χ0v) is 24.8. The fraction of sp³-hybridized carbons (Fsp3) is 0.278. The van der Waals surface area contributed by atoms with Gasteiger partial charge in [0.05, 0.1) is 6.04 Å². The van der Waals surface area contributed by atoms with Gasteiger partial charge in [-0.25, -0.2) is 9.18 Å². The van der Waals surface area contributed by atoms with Gasteiger partial charge < -0.3 is 21.4 Å². The van der Waals surface area contributed by atoms with Crippen LogP contribution in [0.5, 0.6) is 0 Å². The van der Waals surface area contributed by atoms with Gasteiger partial charge in [-0.2, -0.15) is 0 Å². The van der Waals surface area contributed by atoms with Gasteiger partial charge in [-0.05, 0) is 76.8 Å². The van der Waals surface area contributed by atoms with E-state index in [1.54, 1.807) is 12.1 Å². The lowest BCUT2D eigenvalue weighted by molar-refractivity contribution is 0.216. The highest BCUT2D eigenvalue weighted by molar-refractivity contribution is 5.87. The van der Waals surface area contributed by atoms with E-state index in [2.05, 4.69) is 55.8 Å². The third kappa shape index (κ3) is 8.06. The summed E-state index contributed by atoms with van der Waals surface area (Å²) in [5.41, 5.74) is 5.17. The summed E-state index contributed by atoms with van der Waals surface area (Å²) >= 11 is 0. The van der Waals surface area contributed by atoms with Crippen LogP contribution in [0.15, 0.2) is 103 Å². The monoisotopic (exact) mass is 564 g/mol. The first-order valence-electron chi connectivity index (χ1n) is 14.5. The molecule has 0 saturated carbocycles. The van der Waals surface area contributed by atoms with Crippen LogP contribution in [0.4, 0.5) is 20.6 Å². The van der Waals surface area contributed by atoms with Crippen LogP contribution in [-0.4, -0.2) is 18.8 Å². The van der Waals surface area contributed by atoms with Gasteiger partial charge in [0.25, 0.3) is 0 Å². The lowest BCUT2D eigenvalue weighted by atomic mass is 9.71. The second kappa shape index (κ2) is 13.9. The van der Waals surface area contributed by atoms with Crippen molar-refractivity contribution >= 4 is 23.6 Å². The van der Waals surface area contributed by atoms with Gasteiger partial charge >= 0.3 is 6.03 Å². The second-order valence-electron chi connectivity index (χ2n) is 11.9. The Labute approximate surface area is 249 Å². The van der Waals surface area contributed by atoms with Gasteiger partial charge in [0.15, 0.2) is 0 Å². The summed E-state index contributed by atoms with van der Waals surface area (Å²) in [4.78, 5) is 13.3. The summed E-state index contributed by atoms with van der Waals surface area (Å²) in [6.07, 6.45) is 2.27. The summed E-state index contributed by atoms with van der Waals surface area (Å²) < 4.78 is 13.4. The molecule has 218 valence electrons. The molecule has 4 N–H and O–H groups in total. The number of carbonyl (C=O) groups is 1. The number of amides is 2. The van der Waals surface area contributed by atoms with Crippen LogP contribution in [0.2, 0.25) is 0 Å². The van der Waals surface area contributed by atoms with E-state index in [1.807, 2.05) is 66.7 Å². The first kappa shape index (κ1) is 30.5. The third-order valence-electron chi connectivity index (χ3n) is 7.65. The molecule has 0 radical (unpaired) electrons. The lowest BCUT2D eigenvalue weighted by Crippen LogP contribution is -2.44.